The van der Waals surface area contributed by atoms with E-state index >= 15 is 0 Å². The summed E-state index contributed by atoms with van der Waals surface area (Å²) >= 11 is 3.21. The number of amides is 2. The fourth-order valence-electron chi connectivity index (χ4n) is 2.56. The predicted octanol–water partition coefficient (Wildman–Crippen LogP) is 3.59. The lowest BCUT2D eigenvalue weighted by Gasteiger charge is -2.07. The molecular formula is C20H18BrFN4O2. The standard InChI is InChI=1S/C20H18BrFN4O2/c21-18-7-6-15(22)10-17(18)20(28)23-9-8-19(27)25-16-11-24-26(13-16)12-14-4-2-1-3-5-14/h1-7,10-11,13H,8-9,12H2,(H,23,28)(H,25,27). The molecule has 0 saturated carbocycles. The fraction of sp³-hybridized carbons (Fsp3) is 0.150. The maximum atomic E-state index is 13.3. The Kier molecular flexibility index (Phi) is 6.54. The van der Waals surface area contributed by atoms with Gasteiger partial charge in [-0.1, -0.05) is 30.3 Å². The molecule has 0 bridgehead atoms. The van der Waals surface area contributed by atoms with Gasteiger partial charge in [0.15, 0.2) is 0 Å². The SMILES string of the molecule is O=C(CCNC(=O)c1cc(F)ccc1Br)Nc1cnn(Cc2ccccc2)c1. The van der Waals surface area contributed by atoms with Crippen molar-refractivity contribution in [3.8, 4) is 0 Å². The number of nitrogens with zero attached hydrogens (tertiary/aromatic N) is 2. The molecule has 28 heavy (non-hydrogen) atoms. The van der Waals surface area contributed by atoms with Gasteiger partial charge in [-0.2, -0.15) is 5.10 Å². The van der Waals surface area contributed by atoms with Crippen LogP contribution in [0.2, 0.25) is 0 Å². The topological polar surface area (TPSA) is 76.0 Å². The number of rotatable bonds is 7. The summed E-state index contributed by atoms with van der Waals surface area (Å²) in [6.07, 6.45) is 3.40. The second kappa shape index (κ2) is 9.27. The summed E-state index contributed by atoms with van der Waals surface area (Å²) in [6, 6.07) is 13.7. The lowest BCUT2D eigenvalue weighted by molar-refractivity contribution is -0.116. The monoisotopic (exact) mass is 444 g/mol. The normalized spacial score (nSPS) is 10.5. The summed E-state index contributed by atoms with van der Waals surface area (Å²) in [4.78, 5) is 24.1. The summed E-state index contributed by atoms with van der Waals surface area (Å²) in [7, 11) is 0. The number of anilines is 1. The van der Waals surface area contributed by atoms with Crippen LogP contribution in [0.4, 0.5) is 10.1 Å². The van der Waals surface area contributed by atoms with Crippen molar-refractivity contribution in [3.05, 3.63) is 82.3 Å². The van der Waals surface area contributed by atoms with Crippen molar-refractivity contribution in [1.29, 1.82) is 0 Å². The van der Waals surface area contributed by atoms with Gasteiger partial charge in [-0.15, -0.1) is 0 Å². The first-order valence-corrected chi connectivity index (χ1v) is 9.40. The Hall–Kier alpha value is -3.00. The van der Waals surface area contributed by atoms with Gasteiger partial charge in [0.25, 0.3) is 5.91 Å². The van der Waals surface area contributed by atoms with Crippen LogP contribution in [0.5, 0.6) is 0 Å². The molecule has 0 spiro atoms. The van der Waals surface area contributed by atoms with Gasteiger partial charge in [-0.05, 0) is 39.7 Å². The van der Waals surface area contributed by atoms with Crippen molar-refractivity contribution in [2.45, 2.75) is 13.0 Å². The molecule has 3 aromatic rings. The van der Waals surface area contributed by atoms with Crippen LogP contribution < -0.4 is 10.6 Å². The number of aromatic nitrogens is 2. The van der Waals surface area contributed by atoms with E-state index in [1.54, 1.807) is 17.1 Å². The van der Waals surface area contributed by atoms with Crippen LogP contribution in [-0.2, 0) is 11.3 Å². The van der Waals surface area contributed by atoms with Crippen LogP contribution in [0.3, 0.4) is 0 Å². The summed E-state index contributed by atoms with van der Waals surface area (Å²) in [5, 5.41) is 9.57. The third kappa shape index (κ3) is 5.50. The van der Waals surface area contributed by atoms with Gasteiger partial charge < -0.3 is 10.6 Å². The molecular weight excluding hydrogens is 427 g/mol. The van der Waals surface area contributed by atoms with Gasteiger partial charge in [-0.25, -0.2) is 4.39 Å². The largest absolute Gasteiger partial charge is 0.351 e. The van der Waals surface area contributed by atoms with E-state index in [1.165, 1.54) is 12.1 Å². The Labute approximate surface area is 169 Å². The molecule has 0 unspecified atom stereocenters. The van der Waals surface area contributed by atoms with Crippen LogP contribution in [0.1, 0.15) is 22.3 Å². The van der Waals surface area contributed by atoms with Crippen LogP contribution in [0, 0.1) is 5.82 Å². The molecule has 1 aromatic heterocycles. The Balaban J connectivity index is 1.46. The number of nitrogens with one attached hydrogen (secondary N) is 2. The smallest absolute Gasteiger partial charge is 0.252 e. The highest BCUT2D eigenvalue weighted by Crippen LogP contribution is 2.17. The van der Waals surface area contributed by atoms with Crippen molar-refractivity contribution in [1.82, 2.24) is 15.1 Å². The minimum Gasteiger partial charge on any atom is -0.351 e. The van der Waals surface area contributed by atoms with E-state index < -0.39 is 11.7 Å². The molecule has 0 fully saturated rings. The molecule has 0 radical (unpaired) electrons. The number of benzene rings is 2. The first-order valence-electron chi connectivity index (χ1n) is 8.61. The third-order valence-corrected chi connectivity index (χ3v) is 4.61. The lowest BCUT2D eigenvalue weighted by atomic mass is 10.2. The van der Waals surface area contributed by atoms with E-state index in [9.17, 15) is 14.0 Å². The van der Waals surface area contributed by atoms with E-state index in [1.807, 2.05) is 30.3 Å². The molecule has 3 rings (SSSR count). The molecule has 0 aliphatic heterocycles. The zero-order valence-electron chi connectivity index (χ0n) is 14.9. The maximum Gasteiger partial charge on any atom is 0.252 e. The molecule has 2 amide bonds. The molecule has 2 N–H and O–H groups in total. The number of hydrogen-bond donors (Lipinski definition) is 2. The Morgan fingerprint density at radius 3 is 2.71 bits per heavy atom. The van der Waals surface area contributed by atoms with Gasteiger partial charge in [0.1, 0.15) is 5.82 Å². The molecule has 0 aliphatic carbocycles. The molecule has 2 aromatic carbocycles. The van der Waals surface area contributed by atoms with Gasteiger partial charge in [0, 0.05) is 23.6 Å². The quantitative estimate of drug-likeness (QED) is 0.584. The highest BCUT2D eigenvalue weighted by Gasteiger charge is 2.12. The number of carbonyl (C=O) groups excluding carboxylic acids is 2. The van der Waals surface area contributed by atoms with Crippen LogP contribution in [-0.4, -0.2) is 28.1 Å². The van der Waals surface area contributed by atoms with Gasteiger partial charge in [0.2, 0.25) is 5.91 Å². The van der Waals surface area contributed by atoms with Gasteiger partial charge in [0.05, 0.1) is 24.0 Å². The van der Waals surface area contributed by atoms with Gasteiger partial charge >= 0.3 is 0 Å². The highest BCUT2D eigenvalue weighted by atomic mass is 79.9. The average molecular weight is 445 g/mol. The minimum atomic E-state index is -0.501. The maximum absolute atomic E-state index is 13.3. The molecule has 0 aliphatic rings. The molecule has 144 valence electrons. The van der Waals surface area contributed by atoms with Crippen molar-refractivity contribution in [2.24, 2.45) is 0 Å². The van der Waals surface area contributed by atoms with E-state index in [0.29, 0.717) is 16.7 Å². The predicted molar refractivity (Wildman–Crippen MR) is 107 cm³/mol. The second-order valence-electron chi connectivity index (χ2n) is 6.09. The lowest BCUT2D eigenvalue weighted by Crippen LogP contribution is -2.28. The van der Waals surface area contributed by atoms with Crippen molar-refractivity contribution < 1.29 is 14.0 Å². The Bertz CT molecular complexity index is 975. The highest BCUT2D eigenvalue weighted by molar-refractivity contribution is 9.10. The minimum absolute atomic E-state index is 0.0859. The zero-order chi connectivity index (χ0) is 19.9. The number of carbonyl (C=O) groups is 2. The van der Waals surface area contributed by atoms with Crippen molar-refractivity contribution >= 4 is 33.4 Å². The summed E-state index contributed by atoms with van der Waals surface area (Å²) < 4.78 is 15.5. The van der Waals surface area contributed by atoms with Crippen LogP contribution in [0.15, 0.2) is 65.4 Å². The first-order chi connectivity index (χ1) is 13.5. The average Bonchev–Trinajstić information content (AvgIpc) is 3.11. The van der Waals surface area contributed by atoms with E-state index in [2.05, 4.69) is 31.7 Å². The molecule has 8 heteroatoms. The summed E-state index contributed by atoms with van der Waals surface area (Å²) in [6.45, 7) is 0.737. The first kappa shape index (κ1) is 19.8. The molecule has 6 nitrogen and oxygen atoms in total. The second-order valence-corrected chi connectivity index (χ2v) is 6.94. The van der Waals surface area contributed by atoms with E-state index in [-0.39, 0.29) is 24.4 Å². The van der Waals surface area contributed by atoms with Crippen LogP contribution >= 0.6 is 15.9 Å². The fourth-order valence-corrected chi connectivity index (χ4v) is 2.99. The molecule has 0 saturated heterocycles. The summed E-state index contributed by atoms with van der Waals surface area (Å²) in [5.41, 5.74) is 1.87. The zero-order valence-corrected chi connectivity index (χ0v) is 16.4. The van der Waals surface area contributed by atoms with Gasteiger partial charge in [-0.3, -0.25) is 14.3 Å². The number of hydrogen-bond acceptors (Lipinski definition) is 3. The molecule has 1 heterocycles. The Morgan fingerprint density at radius 1 is 1.14 bits per heavy atom. The molecule has 0 atom stereocenters. The Morgan fingerprint density at radius 2 is 1.93 bits per heavy atom. The summed E-state index contributed by atoms with van der Waals surface area (Å²) in [5.74, 6) is -1.20. The third-order valence-electron chi connectivity index (χ3n) is 3.92. The number of halogens is 2. The van der Waals surface area contributed by atoms with Crippen molar-refractivity contribution in [3.63, 3.8) is 0 Å². The van der Waals surface area contributed by atoms with Crippen molar-refractivity contribution in [2.75, 3.05) is 11.9 Å². The van der Waals surface area contributed by atoms with Crippen LogP contribution in [0.25, 0.3) is 0 Å². The van der Waals surface area contributed by atoms with E-state index in [0.717, 1.165) is 11.6 Å². The van der Waals surface area contributed by atoms with E-state index in [4.69, 9.17) is 0 Å².